The van der Waals surface area contributed by atoms with Crippen LogP contribution in [0.15, 0.2) is 56.8 Å². The zero-order valence-electron chi connectivity index (χ0n) is 10.1. The third-order valence-corrected chi connectivity index (χ3v) is 3.56. The SMILES string of the molecule is O=c1c(-c2ccc(Cl)cc2)c(S)oc2ccc(O)cc12. The number of hydrogen-bond donors (Lipinski definition) is 2. The molecule has 100 valence electrons. The summed E-state index contributed by atoms with van der Waals surface area (Å²) in [6.45, 7) is 0. The summed E-state index contributed by atoms with van der Waals surface area (Å²) in [6, 6.07) is 11.2. The molecule has 0 atom stereocenters. The summed E-state index contributed by atoms with van der Waals surface area (Å²) >= 11 is 10.1. The molecule has 5 heteroatoms. The van der Waals surface area contributed by atoms with Crippen LogP contribution in [-0.2, 0) is 0 Å². The molecule has 0 bridgehead atoms. The normalized spacial score (nSPS) is 10.9. The zero-order chi connectivity index (χ0) is 14.3. The fourth-order valence-corrected chi connectivity index (χ4v) is 2.50. The molecule has 0 spiro atoms. The summed E-state index contributed by atoms with van der Waals surface area (Å²) in [5.74, 6) is 0.0128. The molecule has 0 fully saturated rings. The average Bonchev–Trinajstić information content (AvgIpc) is 2.42. The molecule has 1 heterocycles. The van der Waals surface area contributed by atoms with Gasteiger partial charge in [-0.1, -0.05) is 23.7 Å². The Morgan fingerprint density at radius 2 is 1.80 bits per heavy atom. The topological polar surface area (TPSA) is 50.4 Å². The lowest BCUT2D eigenvalue weighted by atomic mass is 10.1. The van der Waals surface area contributed by atoms with Crippen LogP contribution < -0.4 is 5.43 Å². The van der Waals surface area contributed by atoms with Gasteiger partial charge >= 0.3 is 0 Å². The number of hydrogen-bond acceptors (Lipinski definition) is 4. The first-order chi connectivity index (χ1) is 9.56. The Kier molecular flexibility index (Phi) is 3.20. The monoisotopic (exact) mass is 304 g/mol. The molecular weight excluding hydrogens is 296 g/mol. The molecule has 20 heavy (non-hydrogen) atoms. The van der Waals surface area contributed by atoms with E-state index in [1.54, 1.807) is 24.3 Å². The summed E-state index contributed by atoms with van der Waals surface area (Å²) in [6.07, 6.45) is 0. The van der Waals surface area contributed by atoms with Crippen molar-refractivity contribution in [1.29, 1.82) is 0 Å². The van der Waals surface area contributed by atoms with E-state index >= 15 is 0 Å². The number of thiol groups is 1. The van der Waals surface area contributed by atoms with Gasteiger partial charge in [-0.05, 0) is 35.9 Å². The van der Waals surface area contributed by atoms with Gasteiger partial charge in [-0.2, -0.15) is 0 Å². The molecule has 0 unspecified atom stereocenters. The second-order valence-electron chi connectivity index (χ2n) is 4.30. The van der Waals surface area contributed by atoms with Crippen molar-refractivity contribution in [2.24, 2.45) is 0 Å². The minimum Gasteiger partial charge on any atom is -0.508 e. The summed E-state index contributed by atoms with van der Waals surface area (Å²) in [5, 5.41) is 10.6. The van der Waals surface area contributed by atoms with E-state index in [9.17, 15) is 9.90 Å². The predicted molar refractivity (Wildman–Crippen MR) is 81.8 cm³/mol. The number of phenolic OH excluding ortho intramolecular Hbond substituents is 1. The first-order valence-corrected chi connectivity index (χ1v) is 6.63. The minimum absolute atomic E-state index is 0.0128. The van der Waals surface area contributed by atoms with Crippen LogP contribution in [0, 0.1) is 0 Å². The number of phenols is 1. The molecule has 3 rings (SSSR count). The van der Waals surface area contributed by atoms with E-state index in [1.807, 2.05) is 0 Å². The molecule has 1 N–H and O–H groups in total. The molecule has 0 aliphatic rings. The van der Waals surface area contributed by atoms with Crippen LogP contribution in [0.2, 0.25) is 5.02 Å². The van der Waals surface area contributed by atoms with Crippen molar-refractivity contribution in [2.45, 2.75) is 5.09 Å². The van der Waals surface area contributed by atoms with Gasteiger partial charge in [0, 0.05) is 5.02 Å². The standard InChI is InChI=1S/C15H9ClO3S/c16-9-3-1-8(2-4-9)13-14(18)11-7-10(17)5-6-12(11)19-15(13)20/h1-7,17,20H. The number of rotatable bonds is 1. The molecule has 3 aromatic rings. The minimum atomic E-state index is -0.241. The molecule has 3 nitrogen and oxygen atoms in total. The van der Waals surface area contributed by atoms with Crippen LogP contribution in [0.3, 0.4) is 0 Å². The third-order valence-electron chi connectivity index (χ3n) is 2.99. The summed E-state index contributed by atoms with van der Waals surface area (Å²) in [4.78, 5) is 12.5. The second kappa shape index (κ2) is 4.89. The third kappa shape index (κ3) is 2.17. The zero-order valence-corrected chi connectivity index (χ0v) is 11.8. The van der Waals surface area contributed by atoms with Crippen LogP contribution in [0.25, 0.3) is 22.1 Å². The van der Waals surface area contributed by atoms with Gasteiger partial charge in [-0.25, -0.2) is 0 Å². The van der Waals surface area contributed by atoms with Crippen molar-refractivity contribution in [3.8, 4) is 16.9 Å². The highest BCUT2D eigenvalue weighted by Crippen LogP contribution is 2.29. The Bertz CT molecular complexity index is 853. The average molecular weight is 305 g/mol. The lowest BCUT2D eigenvalue weighted by Gasteiger charge is -2.06. The van der Waals surface area contributed by atoms with Gasteiger partial charge in [0.25, 0.3) is 0 Å². The number of halogens is 1. The quantitative estimate of drug-likeness (QED) is 0.665. The summed E-state index contributed by atoms with van der Waals surface area (Å²) in [5.41, 5.74) is 1.16. The van der Waals surface area contributed by atoms with Crippen molar-refractivity contribution in [3.05, 3.63) is 57.7 Å². The highest BCUT2D eigenvalue weighted by Gasteiger charge is 2.14. The van der Waals surface area contributed by atoms with Crippen molar-refractivity contribution in [2.75, 3.05) is 0 Å². The Balaban J connectivity index is 2.36. The van der Waals surface area contributed by atoms with Gasteiger partial charge in [-0.3, -0.25) is 4.79 Å². The van der Waals surface area contributed by atoms with E-state index in [-0.39, 0.29) is 16.3 Å². The molecule has 0 aliphatic carbocycles. The van der Waals surface area contributed by atoms with Gasteiger partial charge in [0.1, 0.15) is 11.3 Å². The number of fused-ring (bicyclic) bond motifs is 1. The second-order valence-corrected chi connectivity index (χ2v) is 5.14. The van der Waals surface area contributed by atoms with Gasteiger partial charge in [0.2, 0.25) is 5.43 Å². The van der Waals surface area contributed by atoms with Crippen LogP contribution in [0.4, 0.5) is 0 Å². The first kappa shape index (κ1) is 13.1. The number of aromatic hydroxyl groups is 1. The summed E-state index contributed by atoms with van der Waals surface area (Å²) < 4.78 is 5.53. The van der Waals surface area contributed by atoms with Crippen LogP contribution in [0.5, 0.6) is 5.75 Å². The van der Waals surface area contributed by atoms with Gasteiger partial charge in [0.15, 0.2) is 5.09 Å². The smallest absolute Gasteiger partial charge is 0.201 e. The van der Waals surface area contributed by atoms with E-state index in [1.165, 1.54) is 18.2 Å². The maximum atomic E-state index is 12.5. The van der Waals surface area contributed by atoms with Crippen molar-refractivity contribution in [1.82, 2.24) is 0 Å². The summed E-state index contributed by atoms with van der Waals surface area (Å²) in [7, 11) is 0. The van der Waals surface area contributed by atoms with Crippen LogP contribution >= 0.6 is 24.2 Å². The van der Waals surface area contributed by atoms with Gasteiger partial charge < -0.3 is 9.52 Å². The fourth-order valence-electron chi connectivity index (χ4n) is 2.04. The Labute approximate surface area is 124 Å². The van der Waals surface area contributed by atoms with Gasteiger partial charge in [0.05, 0.1) is 10.9 Å². The first-order valence-electron chi connectivity index (χ1n) is 5.81. The van der Waals surface area contributed by atoms with E-state index in [2.05, 4.69) is 12.6 Å². The number of benzene rings is 2. The molecule has 0 aliphatic heterocycles. The molecule has 2 aromatic carbocycles. The van der Waals surface area contributed by atoms with E-state index in [0.717, 1.165) is 0 Å². The van der Waals surface area contributed by atoms with Crippen LogP contribution in [0.1, 0.15) is 0 Å². The Hall–Kier alpha value is -1.91. The molecular formula is C15H9ClO3S. The predicted octanol–water partition coefficient (Wildman–Crippen LogP) is 4.11. The van der Waals surface area contributed by atoms with Gasteiger partial charge in [-0.15, -0.1) is 12.6 Å². The van der Waals surface area contributed by atoms with Crippen molar-refractivity contribution >= 4 is 35.2 Å². The fraction of sp³-hybridized carbons (Fsp3) is 0. The Morgan fingerprint density at radius 1 is 1.10 bits per heavy atom. The van der Waals surface area contributed by atoms with Crippen molar-refractivity contribution < 1.29 is 9.52 Å². The highest BCUT2D eigenvalue weighted by molar-refractivity contribution is 7.80. The molecule has 0 saturated carbocycles. The maximum absolute atomic E-state index is 12.5. The van der Waals surface area contributed by atoms with E-state index in [0.29, 0.717) is 27.1 Å². The molecule has 1 aromatic heterocycles. The maximum Gasteiger partial charge on any atom is 0.201 e. The lowest BCUT2D eigenvalue weighted by molar-refractivity contribution is 0.473. The molecule has 0 saturated heterocycles. The molecule has 0 radical (unpaired) electrons. The largest absolute Gasteiger partial charge is 0.508 e. The highest BCUT2D eigenvalue weighted by atomic mass is 35.5. The van der Waals surface area contributed by atoms with E-state index in [4.69, 9.17) is 16.0 Å². The van der Waals surface area contributed by atoms with Crippen LogP contribution in [-0.4, -0.2) is 5.11 Å². The Morgan fingerprint density at radius 3 is 2.50 bits per heavy atom. The molecule has 0 amide bonds. The van der Waals surface area contributed by atoms with Crippen molar-refractivity contribution in [3.63, 3.8) is 0 Å². The lowest BCUT2D eigenvalue weighted by Crippen LogP contribution is -2.06. The van der Waals surface area contributed by atoms with E-state index < -0.39 is 0 Å².